The van der Waals surface area contributed by atoms with E-state index in [2.05, 4.69) is 15.5 Å². The summed E-state index contributed by atoms with van der Waals surface area (Å²) in [5, 5.41) is 11.8. The fourth-order valence-corrected chi connectivity index (χ4v) is 2.02. The zero-order valence-corrected chi connectivity index (χ0v) is 12.5. The summed E-state index contributed by atoms with van der Waals surface area (Å²) in [5.74, 6) is 1.40. The van der Waals surface area contributed by atoms with Crippen molar-refractivity contribution in [1.82, 2.24) is 20.2 Å². The molecule has 114 valence electrons. The highest BCUT2D eigenvalue weighted by Gasteiger charge is 2.11. The number of hydrogen-bond acceptors (Lipinski definition) is 6. The van der Waals surface area contributed by atoms with Crippen molar-refractivity contribution in [2.45, 2.75) is 26.8 Å². The first-order valence-corrected chi connectivity index (χ1v) is 7.12. The summed E-state index contributed by atoms with van der Waals surface area (Å²) in [6.07, 6.45) is 0.854. The van der Waals surface area contributed by atoms with Crippen LogP contribution in [-0.4, -0.2) is 40.0 Å². The van der Waals surface area contributed by atoms with Gasteiger partial charge in [0.05, 0.1) is 6.61 Å². The number of nitrogens with two attached hydrogens (primary N) is 1. The molecule has 1 aromatic carbocycles. The third-order valence-electron chi connectivity index (χ3n) is 2.89. The highest BCUT2D eigenvalue weighted by Crippen LogP contribution is 2.25. The molecule has 1 aromatic heterocycles. The summed E-state index contributed by atoms with van der Waals surface area (Å²) < 4.78 is 12.6. The number of ether oxygens (including phenoxy) is 2. The van der Waals surface area contributed by atoms with Crippen LogP contribution in [-0.2, 0) is 11.3 Å². The summed E-state index contributed by atoms with van der Waals surface area (Å²) in [5.41, 5.74) is 7.38. The first-order valence-electron chi connectivity index (χ1n) is 7.12. The molecule has 2 aromatic rings. The van der Waals surface area contributed by atoms with Gasteiger partial charge in [-0.3, -0.25) is 0 Å². The van der Waals surface area contributed by atoms with Gasteiger partial charge in [-0.2, -0.15) is 0 Å². The van der Waals surface area contributed by atoms with Gasteiger partial charge in [-0.25, -0.2) is 4.68 Å². The number of anilines is 1. The molecular weight excluding hydrogens is 270 g/mol. The van der Waals surface area contributed by atoms with Crippen LogP contribution in [0.15, 0.2) is 18.2 Å². The predicted octanol–water partition coefficient (Wildman–Crippen LogP) is 1.75. The van der Waals surface area contributed by atoms with E-state index >= 15 is 0 Å². The lowest BCUT2D eigenvalue weighted by atomic mass is 10.1. The molecular formula is C14H21N5O2. The molecule has 0 spiro atoms. The summed E-state index contributed by atoms with van der Waals surface area (Å²) >= 11 is 0. The van der Waals surface area contributed by atoms with Crippen LogP contribution in [0.5, 0.6) is 5.75 Å². The molecule has 0 aliphatic heterocycles. The van der Waals surface area contributed by atoms with Crippen molar-refractivity contribution in [2.75, 3.05) is 25.6 Å². The molecule has 7 nitrogen and oxygen atoms in total. The van der Waals surface area contributed by atoms with E-state index in [-0.39, 0.29) is 0 Å². The Bertz CT molecular complexity index is 570. The third-order valence-corrected chi connectivity index (χ3v) is 2.89. The maximum absolute atomic E-state index is 5.91. The minimum absolute atomic E-state index is 0.586. The van der Waals surface area contributed by atoms with Gasteiger partial charge in [0, 0.05) is 37.1 Å². The molecule has 0 unspecified atom stereocenters. The molecule has 2 N–H and O–H groups in total. The summed E-state index contributed by atoms with van der Waals surface area (Å²) in [7, 11) is 0. The molecule has 0 atom stereocenters. The molecule has 7 heteroatoms. The maximum Gasteiger partial charge on any atom is 0.182 e. The molecule has 0 fully saturated rings. The molecule has 0 saturated heterocycles. The van der Waals surface area contributed by atoms with Crippen molar-refractivity contribution in [3.63, 3.8) is 0 Å². The zero-order valence-electron chi connectivity index (χ0n) is 12.5. The summed E-state index contributed by atoms with van der Waals surface area (Å²) in [6.45, 7) is 6.60. The van der Waals surface area contributed by atoms with Crippen LogP contribution in [0.25, 0.3) is 11.4 Å². The van der Waals surface area contributed by atoms with Gasteiger partial charge in [-0.05, 0) is 42.8 Å². The zero-order chi connectivity index (χ0) is 15.1. The largest absolute Gasteiger partial charge is 0.494 e. The number of aryl methyl sites for hydroxylation is 1. The van der Waals surface area contributed by atoms with Gasteiger partial charge in [-0.15, -0.1) is 5.10 Å². The molecule has 0 amide bonds. The van der Waals surface area contributed by atoms with Crippen LogP contribution in [0, 0.1) is 0 Å². The van der Waals surface area contributed by atoms with Gasteiger partial charge >= 0.3 is 0 Å². The van der Waals surface area contributed by atoms with E-state index in [1.54, 1.807) is 10.7 Å². The van der Waals surface area contributed by atoms with Crippen LogP contribution in [0.1, 0.15) is 20.3 Å². The second-order valence-electron chi connectivity index (χ2n) is 4.50. The van der Waals surface area contributed by atoms with Gasteiger partial charge < -0.3 is 15.2 Å². The molecule has 0 saturated carbocycles. The van der Waals surface area contributed by atoms with Crippen molar-refractivity contribution in [3.05, 3.63) is 18.2 Å². The SMILES string of the molecule is CCOCCCn1nnnc1-c1cc(N)cc(OCC)c1. The first kappa shape index (κ1) is 15.2. The van der Waals surface area contributed by atoms with E-state index < -0.39 is 0 Å². The average molecular weight is 291 g/mol. The van der Waals surface area contributed by atoms with Crippen molar-refractivity contribution in [3.8, 4) is 17.1 Å². The number of hydrogen-bond donors (Lipinski definition) is 1. The minimum atomic E-state index is 0.586. The smallest absolute Gasteiger partial charge is 0.182 e. The van der Waals surface area contributed by atoms with Crippen LogP contribution in [0.2, 0.25) is 0 Å². The van der Waals surface area contributed by atoms with Gasteiger partial charge in [0.15, 0.2) is 5.82 Å². The van der Waals surface area contributed by atoms with Gasteiger partial charge in [0.25, 0.3) is 0 Å². The predicted molar refractivity (Wildman–Crippen MR) is 79.9 cm³/mol. The molecule has 0 bridgehead atoms. The Morgan fingerprint density at radius 1 is 1.19 bits per heavy atom. The van der Waals surface area contributed by atoms with E-state index in [1.165, 1.54) is 0 Å². The van der Waals surface area contributed by atoms with Gasteiger partial charge in [-0.1, -0.05) is 0 Å². The van der Waals surface area contributed by atoms with Crippen LogP contribution < -0.4 is 10.5 Å². The molecule has 1 heterocycles. The monoisotopic (exact) mass is 291 g/mol. The lowest BCUT2D eigenvalue weighted by Crippen LogP contribution is -2.06. The van der Waals surface area contributed by atoms with E-state index in [1.807, 2.05) is 26.0 Å². The molecule has 0 aliphatic rings. The second kappa shape index (κ2) is 7.58. The standard InChI is InChI=1S/C14H21N5O2/c1-3-20-7-5-6-19-14(16-17-18-19)11-8-12(15)10-13(9-11)21-4-2/h8-10H,3-7,15H2,1-2H3. The highest BCUT2D eigenvalue weighted by atomic mass is 16.5. The van der Waals surface area contributed by atoms with Crippen molar-refractivity contribution < 1.29 is 9.47 Å². The maximum atomic E-state index is 5.91. The van der Waals surface area contributed by atoms with Crippen LogP contribution >= 0.6 is 0 Å². The quantitative estimate of drug-likeness (QED) is 0.589. The number of aromatic nitrogens is 4. The third kappa shape index (κ3) is 4.16. The molecule has 21 heavy (non-hydrogen) atoms. The number of benzene rings is 1. The first-order chi connectivity index (χ1) is 10.2. The molecule has 2 rings (SSSR count). The molecule has 0 aliphatic carbocycles. The number of nitrogen functional groups attached to an aromatic ring is 1. The van der Waals surface area contributed by atoms with E-state index in [0.29, 0.717) is 31.3 Å². The van der Waals surface area contributed by atoms with E-state index in [9.17, 15) is 0 Å². The number of nitrogens with zero attached hydrogens (tertiary/aromatic N) is 4. The summed E-state index contributed by atoms with van der Waals surface area (Å²) in [6, 6.07) is 5.52. The van der Waals surface area contributed by atoms with Crippen LogP contribution in [0.4, 0.5) is 5.69 Å². The Hall–Kier alpha value is -2.15. The van der Waals surface area contributed by atoms with E-state index in [4.69, 9.17) is 15.2 Å². The van der Waals surface area contributed by atoms with Crippen LogP contribution in [0.3, 0.4) is 0 Å². The summed E-state index contributed by atoms with van der Waals surface area (Å²) in [4.78, 5) is 0. The Morgan fingerprint density at radius 3 is 2.81 bits per heavy atom. The van der Waals surface area contributed by atoms with Gasteiger partial charge in [0.1, 0.15) is 5.75 Å². The topological polar surface area (TPSA) is 88.1 Å². The fraction of sp³-hybridized carbons (Fsp3) is 0.500. The van der Waals surface area contributed by atoms with Crippen molar-refractivity contribution >= 4 is 5.69 Å². The molecule has 0 radical (unpaired) electrons. The van der Waals surface area contributed by atoms with Crippen molar-refractivity contribution in [2.24, 2.45) is 0 Å². The second-order valence-corrected chi connectivity index (χ2v) is 4.50. The highest BCUT2D eigenvalue weighted by molar-refractivity contribution is 5.64. The number of tetrazole rings is 1. The van der Waals surface area contributed by atoms with E-state index in [0.717, 1.165) is 24.3 Å². The number of rotatable bonds is 8. The lowest BCUT2D eigenvalue weighted by molar-refractivity contribution is 0.140. The lowest BCUT2D eigenvalue weighted by Gasteiger charge is -2.08. The Kier molecular flexibility index (Phi) is 5.51. The normalized spacial score (nSPS) is 10.8. The fourth-order valence-electron chi connectivity index (χ4n) is 2.02. The Balaban J connectivity index is 2.16. The van der Waals surface area contributed by atoms with Crippen molar-refractivity contribution in [1.29, 1.82) is 0 Å². The Labute approximate surface area is 124 Å². The minimum Gasteiger partial charge on any atom is -0.494 e. The van der Waals surface area contributed by atoms with Gasteiger partial charge in [0.2, 0.25) is 0 Å². The average Bonchev–Trinajstić information content (AvgIpc) is 2.92. The Morgan fingerprint density at radius 2 is 2.05 bits per heavy atom.